The van der Waals surface area contributed by atoms with Crippen molar-refractivity contribution >= 4 is 40.1 Å². The second kappa shape index (κ2) is 5.95. The van der Waals surface area contributed by atoms with Gasteiger partial charge in [0.2, 0.25) is 5.71 Å². The third kappa shape index (κ3) is 2.99. The second-order valence-electron chi connectivity index (χ2n) is 6.70. The van der Waals surface area contributed by atoms with Crippen molar-refractivity contribution in [2.75, 3.05) is 10.6 Å². The predicted molar refractivity (Wildman–Crippen MR) is 97.2 cm³/mol. The number of carbonyl (C=O) groups excluding carboxylic acids is 1. The number of nitrogens with one attached hydrogen (secondary N) is 2. The molecule has 0 unspecified atom stereocenters. The predicted octanol–water partition coefficient (Wildman–Crippen LogP) is 4.54. The van der Waals surface area contributed by atoms with Crippen LogP contribution in [0, 0.1) is 12.7 Å². The summed E-state index contributed by atoms with van der Waals surface area (Å²) in [4.78, 5) is 21.2. The Balaban J connectivity index is 1.75. The zero-order valence-electron chi connectivity index (χ0n) is 14.2. The van der Waals surface area contributed by atoms with E-state index in [1.54, 1.807) is 6.92 Å². The van der Waals surface area contributed by atoms with Crippen LogP contribution in [0.1, 0.15) is 35.9 Å². The third-order valence-electron chi connectivity index (χ3n) is 4.49. The Morgan fingerprint density at radius 2 is 2.12 bits per heavy atom. The first kappa shape index (κ1) is 16.8. The molecule has 8 heteroatoms. The average Bonchev–Trinajstić information content (AvgIpc) is 3.18. The van der Waals surface area contributed by atoms with Gasteiger partial charge in [0.05, 0.1) is 16.6 Å². The standard InChI is InChI=1S/C18H16ClFN4O2/c1-9-13(16(25)23-12-4-3-10(19)7-11(12)20)14-15(24-18(2)5-6-18)21-8-22-17(14)26-9/h3-4,7-8H,5-6H2,1-2H3,(H,23,25)(H,21,22,24). The Kier molecular flexibility index (Phi) is 3.84. The molecular formula is C18H16ClFN4O2. The smallest absolute Gasteiger partial charge is 0.260 e. The van der Waals surface area contributed by atoms with Crippen molar-refractivity contribution in [3.63, 3.8) is 0 Å². The van der Waals surface area contributed by atoms with Gasteiger partial charge in [0.1, 0.15) is 23.7 Å². The molecule has 0 spiro atoms. The minimum Gasteiger partial charge on any atom is -0.442 e. The van der Waals surface area contributed by atoms with Crippen LogP contribution in [0.3, 0.4) is 0 Å². The summed E-state index contributed by atoms with van der Waals surface area (Å²) in [6, 6.07) is 4.06. The number of hydrogen-bond donors (Lipinski definition) is 2. The van der Waals surface area contributed by atoms with E-state index in [4.69, 9.17) is 16.0 Å². The summed E-state index contributed by atoms with van der Waals surface area (Å²) in [5, 5.41) is 6.65. The molecule has 0 saturated heterocycles. The number of carbonyl (C=O) groups is 1. The molecule has 0 bridgehead atoms. The van der Waals surface area contributed by atoms with Crippen LogP contribution in [0.25, 0.3) is 11.1 Å². The third-order valence-corrected chi connectivity index (χ3v) is 4.73. The molecule has 3 aromatic rings. The molecule has 4 rings (SSSR count). The van der Waals surface area contributed by atoms with Crippen molar-refractivity contribution in [2.45, 2.75) is 32.2 Å². The van der Waals surface area contributed by atoms with E-state index in [0.29, 0.717) is 22.7 Å². The first-order valence-corrected chi connectivity index (χ1v) is 8.53. The summed E-state index contributed by atoms with van der Waals surface area (Å²) < 4.78 is 19.6. The number of nitrogens with zero attached hydrogens (tertiary/aromatic N) is 2. The minimum atomic E-state index is -0.614. The normalized spacial score (nSPS) is 15.1. The highest BCUT2D eigenvalue weighted by atomic mass is 35.5. The Bertz CT molecular complexity index is 1030. The monoisotopic (exact) mass is 374 g/mol. The highest BCUT2D eigenvalue weighted by molar-refractivity contribution is 6.30. The maximum Gasteiger partial charge on any atom is 0.260 e. The van der Waals surface area contributed by atoms with Gasteiger partial charge in [-0.15, -0.1) is 0 Å². The molecular weight excluding hydrogens is 359 g/mol. The molecule has 1 amide bonds. The number of fused-ring (bicyclic) bond motifs is 1. The van der Waals surface area contributed by atoms with Gasteiger partial charge in [-0.25, -0.2) is 14.4 Å². The first-order chi connectivity index (χ1) is 12.4. The summed E-state index contributed by atoms with van der Waals surface area (Å²) >= 11 is 5.75. The topological polar surface area (TPSA) is 80.1 Å². The lowest BCUT2D eigenvalue weighted by molar-refractivity contribution is 0.102. The van der Waals surface area contributed by atoms with Crippen LogP contribution >= 0.6 is 11.6 Å². The van der Waals surface area contributed by atoms with Crippen molar-refractivity contribution in [3.8, 4) is 0 Å². The van der Waals surface area contributed by atoms with Crippen LogP contribution in [-0.4, -0.2) is 21.4 Å². The number of anilines is 2. The Morgan fingerprint density at radius 3 is 2.81 bits per heavy atom. The minimum absolute atomic E-state index is 0.0358. The zero-order chi connectivity index (χ0) is 18.5. The molecule has 2 aromatic heterocycles. The summed E-state index contributed by atoms with van der Waals surface area (Å²) in [5.74, 6) is -0.192. The van der Waals surface area contributed by atoms with Crippen molar-refractivity contribution in [1.82, 2.24) is 9.97 Å². The number of halogens is 2. The number of benzene rings is 1. The molecule has 134 valence electrons. The van der Waals surface area contributed by atoms with E-state index < -0.39 is 11.7 Å². The van der Waals surface area contributed by atoms with Crippen molar-refractivity contribution in [2.24, 2.45) is 0 Å². The second-order valence-corrected chi connectivity index (χ2v) is 7.14. The van der Waals surface area contributed by atoms with E-state index in [1.165, 1.54) is 18.5 Å². The molecule has 0 radical (unpaired) electrons. The molecule has 0 aliphatic heterocycles. The molecule has 1 fully saturated rings. The van der Waals surface area contributed by atoms with E-state index in [0.717, 1.165) is 18.9 Å². The number of rotatable bonds is 4. The number of hydrogen-bond acceptors (Lipinski definition) is 5. The molecule has 0 atom stereocenters. The van der Waals surface area contributed by atoms with Crippen LogP contribution < -0.4 is 10.6 Å². The van der Waals surface area contributed by atoms with Gasteiger partial charge in [-0.05, 0) is 44.9 Å². The van der Waals surface area contributed by atoms with E-state index in [-0.39, 0.29) is 21.8 Å². The Morgan fingerprint density at radius 1 is 1.35 bits per heavy atom. The van der Waals surface area contributed by atoms with E-state index in [2.05, 4.69) is 27.5 Å². The summed E-state index contributed by atoms with van der Waals surface area (Å²) in [5.41, 5.74) is 0.587. The SMILES string of the molecule is Cc1oc2ncnc(NC3(C)CC3)c2c1C(=O)Nc1ccc(Cl)cc1F. The van der Waals surface area contributed by atoms with Gasteiger partial charge in [0.15, 0.2) is 0 Å². The maximum absolute atomic E-state index is 14.0. The van der Waals surface area contributed by atoms with Crippen LogP contribution in [0.15, 0.2) is 28.9 Å². The highest BCUT2D eigenvalue weighted by Crippen LogP contribution is 2.40. The Labute approximate surface area is 153 Å². The lowest BCUT2D eigenvalue weighted by Gasteiger charge is -2.13. The quantitative estimate of drug-likeness (QED) is 0.700. The summed E-state index contributed by atoms with van der Waals surface area (Å²) in [7, 11) is 0. The fourth-order valence-electron chi connectivity index (χ4n) is 2.79. The van der Waals surface area contributed by atoms with Gasteiger partial charge < -0.3 is 15.1 Å². The van der Waals surface area contributed by atoms with Crippen LogP contribution in [0.2, 0.25) is 5.02 Å². The van der Waals surface area contributed by atoms with Gasteiger partial charge in [0, 0.05) is 10.6 Å². The fraction of sp³-hybridized carbons (Fsp3) is 0.278. The summed E-state index contributed by atoms with van der Waals surface area (Å²) in [6.45, 7) is 3.74. The average molecular weight is 375 g/mol. The molecule has 1 aliphatic rings. The first-order valence-electron chi connectivity index (χ1n) is 8.15. The lowest BCUT2D eigenvalue weighted by atomic mass is 10.1. The number of aryl methyl sites for hydroxylation is 1. The number of amides is 1. The van der Waals surface area contributed by atoms with Crippen molar-refractivity contribution in [1.29, 1.82) is 0 Å². The van der Waals surface area contributed by atoms with Crippen LogP contribution in [-0.2, 0) is 0 Å². The van der Waals surface area contributed by atoms with Crippen LogP contribution in [0.5, 0.6) is 0 Å². The molecule has 2 heterocycles. The largest absolute Gasteiger partial charge is 0.442 e. The van der Waals surface area contributed by atoms with E-state index in [1.807, 2.05) is 0 Å². The lowest BCUT2D eigenvalue weighted by Crippen LogP contribution is -2.19. The number of aromatic nitrogens is 2. The van der Waals surface area contributed by atoms with Gasteiger partial charge in [-0.1, -0.05) is 11.6 Å². The van der Waals surface area contributed by atoms with Gasteiger partial charge in [-0.2, -0.15) is 0 Å². The highest BCUT2D eigenvalue weighted by Gasteiger charge is 2.38. The van der Waals surface area contributed by atoms with Gasteiger partial charge in [0.25, 0.3) is 5.91 Å². The molecule has 1 aromatic carbocycles. The van der Waals surface area contributed by atoms with Gasteiger partial charge >= 0.3 is 0 Å². The zero-order valence-corrected chi connectivity index (χ0v) is 14.9. The molecule has 6 nitrogen and oxygen atoms in total. The maximum atomic E-state index is 14.0. The molecule has 1 aliphatic carbocycles. The fourth-order valence-corrected chi connectivity index (χ4v) is 2.95. The number of furan rings is 1. The Hall–Kier alpha value is -2.67. The van der Waals surface area contributed by atoms with Gasteiger partial charge in [-0.3, -0.25) is 4.79 Å². The van der Waals surface area contributed by atoms with E-state index in [9.17, 15) is 9.18 Å². The summed E-state index contributed by atoms with van der Waals surface area (Å²) in [6.07, 6.45) is 3.43. The van der Waals surface area contributed by atoms with Crippen LogP contribution in [0.4, 0.5) is 15.9 Å². The van der Waals surface area contributed by atoms with Crippen molar-refractivity contribution in [3.05, 3.63) is 46.7 Å². The molecule has 1 saturated carbocycles. The molecule has 26 heavy (non-hydrogen) atoms. The van der Waals surface area contributed by atoms with E-state index >= 15 is 0 Å². The van der Waals surface area contributed by atoms with Crippen molar-refractivity contribution < 1.29 is 13.6 Å². The molecule has 2 N–H and O–H groups in total.